The highest BCUT2D eigenvalue weighted by Gasteiger charge is 2.46. The SMILES string of the molecule is CCC1C(=O)N2CCCCC2C(=O)N1c1cnccc1C. The zero-order valence-electron chi connectivity index (χ0n) is 12.6. The third kappa shape index (κ3) is 2.20. The van der Waals surface area contributed by atoms with Crippen LogP contribution in [0, 0.1) is 6.92 Å². The fraction of sp³-hybridized carbons (Fsp3) is 0.562. The van der Waals surface area contributed by atoms with Crippen LogP contribution in [0.25, 0.3) is 0 Å². The minimum atomic E-state index is -0.394. The van der Waals surface area contributed by atoms with E-state index in [1.807, 2.05) is 19.9 Å². The summed E-state index contributed by atoms with van der Waals surface area (Å²) < 4.78 is 0. The van der Waals surface area contributed by atoms with Gasteiger partial charge in [-0.15, -0.1) is 0 Å². The average molecular weight is 287 g/mol. The summed E-state index contributed by atoms with van der Waals surface area (Å²) in [6.45, 7) is 4.62. The topological polar surface area (TPSA) is 53.5 Å². The van der Waals surface area contributed by atoms with E-state index in [9.17, 15) is 9.59 Å². The van der Waals surface area contributed by atoms with E-state index in [-0.39, 0.29) is 17.9 Å². The Morgan fingerprint density at radius 2 is 2.10 bits per heavy atom. The maximum atomic E-state index is 12.9. The summed E-state index contributed by atoms with van der Waals surface area (Å²) in [4.78, 5) is 33.3. The summed E-state index contributed by atoms with van der Waals surface area (Å²) in [5.41, 5.74) is 1.75. The molecule has 2 fully saturated rings. The smallest absolute Gasteiger partial charge is 0.250 e. The summed E-state index contributed by atoms with van der Waals surface area (Å²) in [5, 5.41) is 0. The number of carbonyl (C=O) groups is 2. The standard InChI is InChI=1S/C16H21N3O2/c1-3-12-15(20)18-9-5-4-6-13(18)16(21)19(12)14-10-17-8-7-11(14)2/h7-8,10,12-13H,3-6,9H2,1-2H3. The molecule has 0 radical (unpaired) electrons. The lowest BCUT2D eigenvalue weighted by Crippen LogP contribution is -2.66. The molecule has 1 aromatic heterocycles. The van der Waals surface area contributed by atoms with Gasteiger partial charge in [-0.3, -0.25) is 19.5 Å². The maximum absolute atomic E-state index is 12.9. The Labute approximate surface area is 124 Å². The van der Waals surface area contributed by atoms with Crippen molar-refractivity contribution in [1.29, 1.82) is 0 Å². The van der Waals surface area contributed by atoms with E-state index in [0.717, 1.165) is 30.5 Å². The molecule has 2 aliphatic heterocycles. The molecule has 2 aliphatic rings. The number of hydrogen-bond donors (Lipinski definition) is 0. The molecule has 2 atom stereocenters. The number of aromatic nitrogens is 1. The first-order valence-corrected chi connectivity index (χ1v) is 7.69. The molecule has 0 saturated carbocycles. The van der Waals surface area contributed by atoms with Crippen LogP contribution < -0.4 is 4.90 Å². The molecule has 21 heavy (non-hydrogen) atoms. The molecule has 3 rings (SSSR count). The minimum Gasteiger partial charge on any atom is -0.329 e. The predicted molar refractivity (Wildman–Crippen MR) is 79.9 cm³/mol. The Morgan fingerprint density at radius 1 is 1.29 bits per heavy atom. The molecule has 112 valence electrons. The van der Waals surface area contributed by atoms with Crippen LogP contribution in [0.2, 0.25) is 0 Å². The van der Waals surface area contributed by atoms with Crippen LogP contribution in [-0.4, -0.2) is 40.3 Å². The monoisotopic (exact) mass is 287 g/mol. The van der Waals surface area contributed by atoms with E-state index in [2.05, 4.69) is 4.98 Å². The number of amides is 2. The second-order valence-corrected chi connectivity index (χ2v) is 5.84. The molecule has 2 unspecified atom stereocenters. The summed E-state index contributed by atoms with van der Waals surface area (Å²) >= 11 is 0. The van der Waals surface area contributed by atoms with E-state index in [0.29, 0.717) is 13.0 Å². The predicted octanol–water partition coefficient (Wildman–Crippen LogP) is 1.90. The van der Waals surface area contributed by atoms with E-state index < -0.39 is 6.04 Å². The van der Waals surface area contributed by atoms with Crippen LogP contribution >= 0.6 is 0 Å². The van der Waals surface area contributed by atoms with Gasteiger partial charge in [0.15, 0.2) is 0 Å². The highest BCUT2D eigenvalue weighted by molar-refractivity contribution is 6.08. The van der Waals surface area contributed by atoms with Crippen LogP contribution in [-0.2, 0) is 9.59 Å². The second-order valence-electron chi connectivity index (χ2n) is 5.84. The zero-order valence-corrected chi connectivity index (χ0v) is 12.6. The lowest BCUT2D eigenvalue weighted by Gasteiger charge is -2.47. The van der Waals surface area contributed by atoms with Crippen molar-refractivity contribution in [3.05, 3.63) is 24.0 Å². The molecular formula is C16H21N3O2. The van der Waals surface area contributed by atoms with Crippen LogP contribution in [0.15, 0.2) is 18.5 Å². The van der Waals surface area contributed by atoms with E-state index in [4.69, 9.17) is 0 Å². The number of aryl methyl sites for hydroxylation is 1. The Kier molecular flexibility index (Phi) is 3.66. The molecular weight excluding hydrogens is 266 g/mol. The van der Waals surface area contributed by atoms with Crippen molar-refractivity contribution in [2.24, 2.45) is 0 Å². The number of fused-ring (bicyclic) bond motifs is 1. The number of anilines is 1. The van der Waals surface area contributed by atoms with Gasteiger partial charge in [-0.1, -0.05) is 6.92 Å². The zero-order chi connectivity index (χ0) is 15.0. The molecule has 5 nitrogen and oxygen atoms in total. The lowest BCUT2D eigenvalue weighted by atomic mass is 9.93. The molecule has 3 heterocycles. The molecule has 2 amide bonds. The number of nitrogens with zero attached hydrogens (tertiary/aromatic N) is 3. The van der Waals surface area contributed by atoms with Gasteiger partial charge in [-0.25, -0.2) is 0 Å². The van der Waals surface area contributed by atoms with Gasteiger partial charge in [-0.05, 0) is 44.2 Å². The lowest BCUT2D eigenvalue weighted by molar-refractivity contribution is -0.148. The fourth-order valence-electron chi connectivity index (χ4n) is 3.42. The first-order valence-electron chi connectivity index (χ1n) is 7.69. The van der Waals surface area contributed by atoms with E-state index in [1.165, 1.54) is 0 Å². The van der Waals surface area contributed by atoms with Crippen molar-refractivity contribution in [3.63, 3.8) is 0 Å². The van der Waals surface area contributed by atoms with Gasteiger partial charge < -0.3 is 4.90 Å². The summed E-state index contributed by atoms with van der Waals surface area (Å²) in [6, 6.07) is 1.20. The first kappa shape index (κ1) is 14.0. The number of piperazine rings is 1. The van der Waals surface area contributed by atoms with Crippen molar-refractivity contribution in [2.45, 2.75) is 51.6 Å². The van der Waals surface area contributed by atoms with Gasteiger partial charge in [0.2, 0.25) is 5.91 Å². The normalized spacial score (nSPS) is 26.0. The Bertz CT molecular complexity index is 572. The van der Waals surface area contributed by atoms with Gasteiger partial charge >= 0.3 is 0 Å². The molecule has 0 aliphatic carbocycles. The molecule has 0 N–H and O–H groups in total. The first-order chi connectivity index (χ1) is 10.1. The number of hydrogen-bond acceptors (Lipinski definition) is 3. The highest BCUT2D eigenvalue weighted by Crippen LogP contribution is 2.32. The van der Waals surface area contributed by atoms with Gasteiger partial charge in [0.1, 0.15) is 12.1 Å². The number of carbonyl (C=O) groups excluding carboxylic acids is 2. The largest absolute Gasteiger partial charge is 0.329 e. The number of pyridine rings is 1. The van der Waals surface area contributed by atoms with E-state index >= 15 is 0 Å². The molecule has 0 spiro atoms. The maximum Gasteiger partial charge on any atom is 0.250 e. The number of rotatable bonds is 2. The third-order valence-electron chi connectivity index (χ3n) is 4.56. The Balaban J connectivity index is 2.03. The van der Waals surface area contributed by atoms with Crippen molar-refractivity contribution >= 4 is 17.5 Å². The second kappa shape index (κ2) is 5.47. The summed E-state index contributed by atoms with van der Waals surface area (Å²) in [6.07, 6.45) is 6.82. The molecule has 0 bridgehead atoms. The average Bonchev–Trinajstić information content (AvgIpc) is 2.51. The van der Waals surface area contributed by atoms with Crippen molar-refractivity contribution in [3.8, 4) is 0 Å². The van der Waals surface area contributed by atoms with Gasteiger partial charge in [0.25, 0.3) is 5.91 Å². The Morgan fingerprint density at radius 3 is 2.81 bits per heavy atom. The van der Waals surface area contributed by atoms with Crippen LogP contribution in [0.4, 0.5) is 5.69 Å². The van der Waals surface area contributed by atoms with Crippen molar-refractivity contribution < 1.29 is 9.59 Å². The van der Waals surface area contributed by atoms with Gasteiger partial charge in [0, 0.05) is 12.7 Å². The van der Waals surface area contributed by atoms with Crippen LogP contribution in [0.5, 0.6) is 0 Å². The summed E-state index contributed by atoms with van der Waals surface area (Å²) in [5.74, 6) is 0.141. The Hall–Kier alpha value is -1.91. The highest BCUT2D eigenvalue weighted by atomic mass is 16.2. The fourth-order valence-corrected chi connectivity index (χ4v) is 3.42. The van der Waals surface area contributed by atoms with Crippen molar-refractivity contribution in [1.82, 2.24) is 9.88 Å². The van der Waals surface area contributed by atoms with Gasteiger partial charge in [0.05, 0.1) is 11.9 Å². The molecule has 2 saturated heterocycles. The van der Waals surface area contributed by atoms with Crippen LogP contribution in [0.1, 0.15) is 38.2 Å². The molecule has 1 aromatic rings. The molecule has 0 aromatic carbocycles. The third-order valence-corrected chi connectivity index (χ3v) is 4.56. The van der Waals surface area contributed by atoms with Gasteiger partial charge in [-0.2, -0.15) is 0 Å². The summed E-state index contributed by atoms with van der Waals surface area (Å²) in [7, 11) is 0. The number of piperidine rings is 1. The minimum absolute atomic E-state index is 0.0530. The molecule has 5 heteroatoms. The van der Waals surface area contributed by atoms with Crippen LogP contribution in [0.3, 0.4) is 0 Å². The quantitative estimate of drug-likeness (QED) is 0.834. The van der Waals surface area contributed by atoms with Crippen molar-refractivity contribution in [2.75, 3.05) is 11.4 Å². The van der Waals surface area contributed by atoms with E-state index in [1.54, 1.807) is 22.2 Å².